The zero-order valence-electron chi connectivity index (χ0n) is 18.2. The summed E-state index contributed by atoms with van der Waals surface area (Å²) in [5, 5.41) is 2.70. The Labute approximate surface area is 192 Å². The van der Waals surface area contributed by atoms with E-state index in [1.54, 1.807) is 23.1 Å². The summed E-state index contributed by atoms with van der Waals surface area (Å²) >= 11 is 0. The van der Waals surface area contributed by atoms with Crippen LogP contribution in [0.2, 0.25) is 0 Å². The lowest BCUT2D eigenvalue weighted by Gasteiger charge is -2.34. The summed E-state index contributed by atoms with van der Waals surface area (Å²) in [7, 11) is -3.71. The van der Waals surface area contributed by atoms with Gasteiger partial charge in [0, 0.05) is 51.6 Å². The van der Waals surface area contributed by atoms with E-state index >= 15 is 0 Å². The second-order valence-electron chi connectivity index (χ2n) is 7.78. The van der Waals surface area contributed by atoms with Crippen LogP contribution in [0.15, 0.2) is 45.9 Å². The first-order valence-electron chi connectivity index (χ1n) is 10.9. The van der Waals surface area contributed by atoms with Crippen LogP contribution in [0.4, 0.5) is 0 Å². The third-order valence-corrected chi connectivity index (χ3v) is 7.44. The number of furan rings is 1. The summed E-state index contributed by atoms with van der Waals surface area (Å²) in [5.41, 5.74) is 0. The highest BCUT2D eigenvalue weighted by atomic mass is 32.2. The average Bonchev–Trinajstić information content (AvgIpc) is 3.27. The summed E-state index contributed by atoms with van der Waals surface area (Å²) in [4.78, 5) is 26.1. The maximum atomic E-state index is 13.1. The Morgan fingerprint density at radius 1 is 1.00 bits per heavy atom. The maximum Gasteiger partial charge on any atom is 0.286 e. The zero-order valence-corrected chi connectivity index (χ0v) is 19.0. The number of carbonyl (C=O) groups excluding carboxylic acids is 2. The predicted octanol–water partition coefficient (Wildman–Crippen LogP) is 1.48. The van der Waals surface area contributed by atoms with Crippen molar-refractivity contribution in [2.24, 2.45) is 0 Å². The van der Waals surface area contributed by atoms with Crippen LogP contribution in [0, 0.1) is 0 Å². The fourth-order valence-corrected chi connectivity index (χ4v) is 5.16. The molecule has 0 atom stereocenters. The summed E-state index contributed by atoms with van der Waals surface area (Å²) in [6, 6.07) is 7.85. The molecule has 2 amide bonds. The number of nitrogens with one attached hydrogen (secondary N) is 1. The SMILES string of the molecule is O=C(NCCCC(=O)N1CCN(S(=O)(=O)c2ccc3c(c2)OCCCO3)CC1)c1ccco1. The minimum Gasteiger partial charge on any atom is -0.490 e. The van der Waals surface area contributed by atoms with Gasteiger partial charge < -0.3 is 24.1 Å². The van der Waals surface area contributed by atoms with E-state index in [-0.39, 0.29) is 42.0 Å². The van der Waals surface area contributed by atoms with Crippen LogP contribution in [-0.2, 0) is 14.8 Å². The number of benzene rings is 1. The topological polar surface area (TPSA) is 118 Å². The number of ether oxygens (including phenoxy) is 2. The van der Waals surface area contributed by atoms with Crippen molar-refractivity contribution in [1.29, 1.82) is 0 Å². The first-order chi connectivity index (χ1) is 15.9. The molecule has 2 aliphatic heterocycles. The molecule has 0 radical (unpaired) electrons. The van der Waals surface area contributed by atoms with Crippen molar-refractivity contribution in [2.75, 3.05) is 45.9 Å². The number of hydrogen-bond acceptors (Lipinski definition) is 7. The van der Waals surface area contributed by atoms with Gasteiger partial charge in [0.2, 0.25) is 15.9 Å². The van der Waals surface area contributed by atoms with Crippen LogP contribution in [0.3, 0.4) is 0 Å². The lowest BCUT2D eigenvalue weighted by molar-refractivity contribution is -0.132. The molecule has 1 N–H and O–H groups in total. The maximum absolute atomic E-state index is 13.1. The van der Waals surface area contributed by atoms with Gasteiger partial charge in [-0.3, -0.25) is 9.59 Å². The number of piperazine rings is 1. The van der Waals surface area contributed by atoms with Gasteiger partial charge in [0.25, 0.3) is 5.91 Å². The van der Waals surface area contributed by atoms with Crippen molar-refractivity contribution in [2.45, 2.75) is 24.2 Å². The van der Waals surface area contributed by atoms with Crippen molar-refractivity contribution < 1.29 is 31.9 Å². The number of fused-ring (bicyclic) bond motifs is 1. The Hall–Kier alpha value is -3.05. The van der Waals surface area contributed by atoms with Crippen LogP contribution in [-0.4, -0.2) is 75.4 Å². The van der Waals surface area contributed by atoms with Gasteiger partial charge in [-0.15, -0.1) is 0 Å². The molecule has 33 heavy (non-hydrogen) atoms. The molecule has 1 saturated heterocycles. The highest BCUT2D eigenvalue weighted by Gasteiger charge is 2.31. The van der Waals surface area contributed by atoms with Crippen molar-refractivity contribution >= 4 is 21.8 Å². The molecule has 10 nitrogen and oxygen atoms in total. The molecule has 0 aliphatic carbocycles. The van der Waals surface area contributed by atoms with Crippen LogP contribution >= 0.6 is 0 Å². The summed E-state index contributed by atoms with van der Waals surface area (Å²) in [6.07, 6.45) is 2.92. The number of sulfonamides is 1. The Kier molecular flexibility index (Phi) is 7.19. The first kappa shape index (κ1) is 23.1. The van der Waals surface area contributed by atoms with E-state index in [1.807, 2.05) is 0 Å². The molecule has 2 aliphatic rings. The second-order valence-corrected chi connectivity index (χ2v) is 9.72. The van der Waals surface area contributed by atoms with Crippen LogP contribution in [0.5, 0.6) is 11.5 Å². The molecule has 1 aromatic heterocycles. The summed E-state index contributed by atoms with van der Waals surface area (Å²) in [6.45, 7) is 2.44. The van der Waals surface area contributed by atoms with E-state index in [4.69, 9.17) is 13.9 Å². The molecular weight excluding hydrogens is 450 g/mol. The third kappa shape index (κ3) is 5.48. The minimum absolute atomic E-state index is 0.0603. The molecule has 178 valence electrons. The minimum atomic E-state index is -3.71. The number of rotatable bonds is 7. The van der Waals surface area contributed by atoms with Gasteiger partial charge in [-0.2, -0.15) is 4.31 Å². The van der Waals surface area contributed by atoms with E-state index in [1.165, 1.54) is 22.7 Å². The van der Waals surface area contributed by atoms with Gasteiger partial charge in [-0.05, 0) is 30.7 Å². The Morgan fingerprint density at radius 3 is 2.48 bits per heavy atom. The first-order valence-corrected chi connectivity index (χ1v) is 12.4. The Morgan fingerprint density at radius 2 is 1.76 bits per heavy atom. The second kappa shape index (κ2) is 10.3. The van der Waals surface area contributed by atoms with Gasteiger partial charge in [0.05, 0.1) is 24.4 Å². The molecule has 11 heteroatoms. The number of carbonyl (C=O) groups is 2. The molecule has 0 spiro atoms. The number of nitrogens with zero attached hydrogens (tertiary/aromatic N) is 2. The lowest BCUT2D eigenvalue weighted by atomic mass is 10.2. The van der Waals surface area contributed by atoms with Crippen molar-refractivity contribution in [1.82, 2.24) is 14.5 Å². The molecule has 2 aromatic rings. The van der Waals surface area contributed by atoms with Gasteiger partial charge in [-0.1, -0.05) is 0 Å². The van der Waals surface area contributed by atoms with Crippen LogP contribution in [0.25, 0.3) is 0 Å². The third-order valence-electron chi connectivity index (χ3n) is 5.55. The molecule has 0 bridgehead atoms. The van der Waals surface area contributed by atoms with Crippen LogP contribution < -0.4 is 14.8 Å². The molecule has 0 saturated carbocycles. The van der Waals surface area contributed by atoms with Gasteiger partial charge >= 0.3 is 0 Å². The standard InChI is InChI=1S/C22H27N3O7S/c26-21(5-1-8-23-22(27)19-4-2-13-31-19)24-9-11-25(12-10-24)33(28,29)17-6-7-18-20(16-17)32-15-3-14-30-18/h2,4,6-7,13,16H,1,3,5,8-12,14-15H2,(H,23,27). The molecule has 1 fully saturated rings. The number of amides is 2. The highest BCUT2D eigenvalue weighted by Crippen LogP contribution is 2.33. The van der Waals surface area contributed by atoms with Gasteiger partial charge in [0.15, 0.2) is 17.3 Å². The summed E-state index contributed by atoms with van der Waals surface area (Å²) < 4.78 is 43.8. The van der Waals surface area contributed by atoms with E-state index in [0.29, 0.717) is 50.8 Å². The predicted molar refractivity (Wildman–Crippen MR) is 118 cm³/mol. The van der Waals surface area contributed by atoms with Crippen LogP contribution in [0.1, 0.15) is 29.8 Å². The van der Waals surface area contributed by atoms with E-state index in [9.17, 15) is 18.0 Å². The molecule has 3 heterocycles. The quantitative estimate of drug-likeness (QED) is 0.600. The molecule has 1 aromatic carbocycles. The van der Waals surface area contributed by atoms with E-state index in [0.717, 1.165) is 6.42 Å². The number of hydrogen-bond donors (Lipinski definition) is 1. The molecule has 0 unspecified atom stereocenters. The van der Waals surface area contributed by atoms with Crippen molar-refractivity contribution in [3.8, 4) is 11.5 Å². The Balaban J connectivity index is 1.25. The fourth-order valence-electron chi connectivity index (χ4n) is 3.73. The largest absolute Gasteiger partial charge is 0.490 e. The average molecular weight is 478 g/mol. The smallest absolute Gasteiger partial charge is 0.286 e. The highest BCUT2D eigenvalue weighted by molar-refractivity contribution is 7.89. The van der Waals surface area contributed by atoms with Crippen molar-refractivity contribution in [3.63, 3.8) is 0 Å². The normalized spacial score (nSPS) is 16.8. The Bertz CT molecular complexity index is 1080. The van der Waals surface area contributed by atoms with Crippen molar-refractivity contribution in [3.05, 3.63) is 42.4 Å². The fraction of sp³-hybridized carbons (Fsp3) is 0.455. The van der Waals surface area contributed by atoms with E-state index < -0.39 is 10.0 Å². The lowest BCUT2D eigenvalue weighted by Crippen LogP contribution is -2.50. The van der Waals surface area contributed by atoms with Gasteiger partial charge in [-0.25, -0.2) is 8.42 Å². The van der Waals surface area contributed by atoms with Gasteiger partial charge in [0.1, 0.15) is 0 Å². The monoisotopic (exact) mass is 477 g/mol. The van der Waals surface area contributed by atoms with E-state index in [2.05, 4.69) is 5.32 Å². The molecule has 4 rings (SSSR count). The zero-order chi connectivity index (χ0) is 23.3. The molecular formula is C22H27N3O7S. The summed E-state index contributed by atoms with van der Waals surface area (Å²) in [5.74, 6) is 0.826.